The first-order valence-corrected chi connectivity index (χ1v) is 5.77. The Kier molecular flexibility index (Phi) is 4.17. The first-order valence-electron chi connectivity index (χ1n) is 5.77. The minimum Gasteiger partial charge on any atom is -0.261 e. The molecule has 1 nitrogen and oxygen atoms in total. The van der Waals surface area contributed by atoms with E-state index in [2.05, 4.69) is 25.8 Å². The lowest BCUT2D eigenvalue weighted by Gasteiger charge is -2.23. The molecule has 0 radical (unpaired) electrons. The monoisotopic (exact) mass is 245 g/mol. The summed E-state index contributed by atoms with van der Waals surface area (Å²) in [5, 5.41) is 0. The van der Waals surface area contributed by atoms with Crippen LogP contribution in [-0.2, 0) is 12.6 Å². The molecule has 0 fully saturated rings. The Balaban J connectivity index is 2.75. The molecule has 0 saturated heterocycles. The molecule has 1 rings (SSSR count). The predicted octanol–water partition coefficient (Wildman–Crippen LogP) is 4.47. The van der Waals surface area contributed by atoms with E-state index in [-0.39, 0.29) is 5.41 Å². The molecule has 0 amide bonds. The van der Waals surface area contributed by atoms with Crippen molar-refractivity contribution >= 4 is 0 Å². The Labute approximate surface area is 100 Å². The van der Waals surface area contributed by atoms with Crippen molar-refractivity contribution in [3.05, 3.63) is 29.6 Å². The lowest BCUT2D eigenvalue weighted by atomic mass is 9.83. The number of halogens is 3. The third-order valence-electron chi connectivity index (χ3n) is 2.74. The van der Waals surface area contributed by atoms with Gasteiger partial charge in [0.05, 0.1) is 5.56 Å². The number of hydrogen-bond donors (Lipinski definition) is 0. The molecule has 96 valence electrons. The molecule has 0 unspecified atom stereocenters. The smallest absolute Gasteiger partial charge is 0.261 e. The van der Waals surface area contributed by atoms with E-state index < -0.39 is 11.7 Å². The summed E-state index contributed by atoms with van der Waals surface area (Å²) in [6, 6.07) is 2.57. The molecule has 0 bridgehead atoms. The molecule has 17 heavy (non-hydrogen) atoms. The second kappa shape index (κ2) is 5.07. The van der Waals surface area contributed by atoms with Crippen LogP contribution >= 0.6 is 0 Å². The van der Waals surface area contributed by atoms with Crippen LogP contribution < -0.4 is 0 Å². The van der Waals surface area contributed by atoms with Gasteiger partial charge in [0.25, 0.3) is 0 Å². The van der Waals surface area contributed by atoms with Crippen LogP contribution in [0.1, 0.15) is 44.9 Å². The highest BCUT2D eigenvalue weighted by molar-refractivity contribution is 5.17. The first-order chi connectivity index (χ1) is 7.74. The zero-order chi connectivity index (χ0) is 13.1. The second-order valence-corrected chi connectivity index (χ2v) is 5.13. The summed E-state index contributed by atoms with van der Waals surface area (Å²) in [5.41, 5.74) is 0.118. The normalized spacial score (nSPS) is 12.8. The predicted molar refractivity (Wildman–Crippen MR) is 61.6 cm³/mol. The molecule has 0 aromatic carbocycles. The molecule has 0 aliphatic rings. The summed E-state index contributed by atoms with van der Waals surface area (Å²) >= 11 is 0. The molecule has 0 aliphatic heterocycles. The lowest BCUT2D eigenvalue weighted by molar-refractivity contribution is -0.137. The summed E-state index contributed by atoms with van der Waals surface area (Å²) in [7, 11) is 0. The van der Waals surface area contributed by atoms with Crippen LogP contribution in [0.5, 0.6) is 0 Å². The maximum atomic E-state index is 12.3. The average Bonchev–Trinajstić information content (AvgIpc) is 2.16. The van der Waals surface area contributed by atoms with Crippen LogP contribution in [0.2, 0.25) is 0 Å². The highest BCUT2D eigenvalue weighted by Crippen LogP contribution is 2.30. The Hall–Kier alpha value is -1.06. The van der Waals surface area contributed by atoms with Crippen molar-refractivity contribution in [2.75, 3.05) is 0 Å². The summed E-state index contributed by atoms with van der Waals surface area (Å²) in [5.74, 6) is 0. The van der Waals surface area contributed by atoms with Gasteiger partial charge in [-0.3, -0.25) is 4.98 Å². The molecule has 0 aliphatic carbocycles. The van der Waals surface area contributed by atoms with E-state index in [1.807, 2.05) is 0 Å². The topological polar surface area (TPSA) is 12.9 Å². The van der Waals surface area contributed by atoms with Crippen molar-refractivity contribution < 1.29 is 13.2 Å². The van der Waals surface area contributed by atoms with Crippen molar-refractivity contribution in [2.45, 2.75) is 46.2 Å². The Morgan fingerprint density at radius 3 is 2.24 bits per heavy atom. The van der Waals surface area contributed by atoms with Crippen LogP contribution in [-0.4, -0.2) is 4.98 Å². The summed E-state index contributed by atoms with van der Waals surface area (Å²) in [6.07, 6.45) is -0.579. The van der Waals surface area contributed by atoms with Crippen LogP contribution in [0.3, 0.4) is 0 Å². The van der Waals surface area contributed by atoms with E-state index in [0.717, 1.165) is 30.8 Å². The number of alkyl halides is 3. The van der Waals surface area contributed by atoms with Crippen LogP contribution in [0.25, 0.3) is 0 Å². The molecule has 1 heterocycles. The summed E-state index contributed by atoms with van der Waals surface area (Å²) in [4.78, 5) is 3.89. The molecule has 4 heteroatoms. The van der Waals surface area contributed by atoms with Gasteiger partial charge < -0.3 is 0 Å². The molecule has 1 aromatic heterocycles. The third-order valence-corrected chi connectivity index (χ3v) is 2.74. The van der Waals surface area contributed by atoms with Gasteiger partial charge in [-0.15, -0.1) is 0 Å². The second-order valence-electron chi connectivity index (χ2n) is 5.13. The van der Waals surface area contributed by atoms with Crippen molar-refractivity contribution in [1.82, 2.24) is 4.98 Å². The van der Waals surface area contributed by atoms with Gasteiger partial charge in [-0.25, -0.2) is 0 Å². The van der Waals surface area contributed by atoms with Gasteiger partial charge in [-0.2, -0.15) is 13.2 Å². The third kappa shape index (κ3) is 4.36. The quantitative estimate of drug-likeness (QED) is 0.762. The standard InChI is InChI=1S/C13H18F3N/c1-4-7-12(2,3)8-11-6-5-10(9-17-11)13(14,15)16/h5-6,9H,4,7-8H2,1-3H3. The molecule has 0 N–H and O–H groups in total. The van der Waals surface area contributed by atoms with Crippen molar-refractivity contribution in [3.8, 4) is 0 Å². The van der Waals surface area contributed by atoms with Gasteiger partial charge in [0, 0.05) is 11.9 Å². The van der Waals surface area contributed by atoms with E-state index in [4.69, 9.17) is 0 Å². The van der Waals surface area contributed by atoms with Gasteiger partial charge in [0.2, 0.25) is 0 Å². The molecule has 0 saturated carbocycles. The molecule has 1 aromatic rings. The number of rotatable bonds is 4. The average molecular weight is 245 g/mol. The molecule has 0 atom stereocenters. The zero-order valence-electron chi connectivity index (χ0n) is 10.4. The Morgan fingerprint density at radius 2 is 1.82 bits per heavy atom. The highest BCUT2D eigenvalue weighted by atomic mass is 19.4. The van der Waals surface area contributed by atoms with Crippen molar-refractivity contribution in [1.29, 1.82) is 0 Å². The lowest BCUT2D eigenvalue weighted by Crippen LogP contribution is -2.16. The largest absolute Gasteiger partial charge is 0.417 e. The number of hydrogen-bond acceptors (Lipinski definition) is 1. The zero-order valence-corrected chi connectivity index (χ0v) is 10.4. The Morgan fingerprint density at radius 1 is 1.18 bits per heavy atom. The fourth-order valence-corrected chi connectivity index (χ4v) is 1.95. The Bertz CT molecular complexity index is 352. The van der Waals surface area contributed by atoms with Gasteiger partial charge in [-0.1, -0.05) is 27.2 Å². The fourth-order valence-electron chi connectivity index (χ4n) is 1.95. The summed E-state index contributed by atoms with van der Waals surface area (Å²) < 4.78 is 37.0. The maximum absolute atomic E-state index is 12.3. The van der Waals surface area contributed by atoms with Crippen LogP contribution in [0.15, 0.2) is 18.3 Å². The van der Waals surface area contributed by atoms with E-state index in [0.29, 0.717) is 6.42 Å². The fraction of sp³-hybridized carbons (Fsp3) is 0.615. The van der Waals surface area contributed by atoms with Gasteiger partial charge in [0.15, 0.2) is 0 Å². The van der Waals surface area contributed by atoms with E-state index in [9.17, 15) is 13.2 Å². The van der Waals surface area contributed by atoms with Gasteiger partial charge in [-0.05, 0) is 30.4 Å². The SMILES string of the molecule is CCCC(C)(C)Cc1ccc(C(F)(F)F)cn1. The van der Waals surface area contributed by atoms with Crippen molar-refractivity contribution in [3.63, 3.8) is 0 Å². The molecular weight excluding hydrogens is 227 g/mol. The number of nitrogens with zero attached hydrogens (tertiary/aromatic N) is 1. The van der Waals surface area contributed by atoms with E-state index in [1.54, 1.807) is 0 Å². The van der Waals surface area contributed by atoms with E-state index in [1.165, 1.54) is 6.07 Å². The molecular formula is C13H18F3N. The number of pyridine rings is 1. The molecule has 0 spiro atoms. The van der Waals surface area contributed by atoms with Crippen molar-refractivity contribution in [2.24, 2.45) is 5.41 Å². The highest BCUT2D eigenvalue weighted by Gasteiger charge is 2.30. The number of aromatic nitrogens is 1. The minimum absolute atomic E-state index is 0.0848. The van der Waals surface area contributed by atoms with Crippen LogP contribution in [0, 0.1) is 5.41 Å². The summed E-state index contributed by atoms with van der Waals surface area (Å²) in [6.45, 7) is 6.31. The van der Waals surface area contributed by atoms with Gasteiger partial charge in [0.1, 0.15) is 0 Å². The van der Waals surface area contributed by atoms with Crippen LogP contribution in [0.4, 0.5) is 13.2 Å². The minimum atomic E-state index is -4.30. The van der Waals surface area contributed by atoms with Gasteiger partial charge >= 0.3 is 6.18 Å². The first kappa shape index (κ1) is 14.0. The maximum Gasteiger partial charge on any atom is 0.417 e. The van der Waals surface area contributed by atoms with E-state index >= 15 is 0 Å².